The monoisotopic (exact) mass is 376 g/mol. The lowest BCUT2D eigenvalue weighted by Crippen LogP contribution is -2.51. The van der Waals surface area contributed by atoms with Crippen LogP contribution in [0.15, 0.2) is 60.8 Å². The Labute approximate surface area is 162 Å². The van der Waals surface area contributed by atoms with E-state index >= 15 is 0 Å². The zero-order valence-electron chi connectivity index (χ0n) is 15.2. The lowest BCUT2D eigenvalue weighted by Gasteiger charge is -2.34. The standard InChI is InChI=1S/C21H20N4O3/c26-17-7-1-5-16(14-17)20(27)24-10-12-25(13-11-24)21(28)23-18-8-2-4-15-6-3-9-22-19(15)18/h1-9,14,26H,10-13H2,(H,23,28). The number of amides is 3. The zero-order valence-corrected chi connectivity index (χ0v) is 15.2. The van der Waals surface area contributed by atoms with Gasteiger partial charge in [-0.1, -0.05) is 24.3 Å². The highest BCUT2D eigenvalue weighted by molar-refractivity contribution is 5.99. The van der Waals surface area contributed by atoms with Crippen LogP contribution in [0.2, 0.25) is 0 Å². The number of pyridine rings is 1. The number of phenols is 1. The maximum absolute atomic E-state index is 12.7. The van der Waals surface area contributed by atoms with Gasteiger partial charge in [0.15, 0.2) is 0 Å². The number of hydrogen-bond donors (Lipinski definition) is 2. The van der Waals surface area contributed by atoms with Crippen molar-refractivity contribution in [2.45, 2.75) is 0 Å². The first-order valence-electron chi connectivity index (χ1n) is 9.10. The number of phenolic OH excluding ortho intramolecular Hbond substituents is 1. The van der Waals surface area contributed by atoms with Gasteiger partial charge >= 0.3 is 6.03 Å². The fraction of sp³-hybridized carbons (Fsp3) is 0.190. The molecule has 7 heteroatoms. The van der Waals surface area contributed by atoms with Gasteiger partial charge in [-0.2, -0.15) is 0 Å². The molecule has 1 saturated heterocycles. The minimum Gasteiger partial charge on any atom is -0.508 e. The van der Waals surface area contributed by atoms with E-state index < -0.39 is 0 Å². The molecule has 3 amide bonds. The third kappa shape index (κ3) is 3.59. The van der Waals surface area contributed by atoms with Crippen LogP contribution < -0.4 is 5.32 Å². The smallest absolute Gasteiger partial charge is 0.322 e. The topological polar surface area (TPSA) is 85.8 Å². The van der Waals surface area contributed by atoms with Crippen molar-refractivity contribution >= 4 is 28.5 Å². The number of aromatic nitrogens is 1. The highest BCUT2D eigenvalue weighted by Gasteiger charge is 2.25. The van der Waals surface area contributed by atoms with E-state index in [2.05, 4.69) is 10.3 Å². The van der Waals surface area contributed by atoms with Crippen molar-refractivity contribution in [2.24, 2.45) is 0 Å². The van der Waals surface area contributed by atoms with E-state index in [0.717, 1.165) is 10.9 Å². The number of carbonyl (C=O) groups is 2. The molecule has 0 radical (unpaired) electrons. The summed E-state index contributed by atoms with van der Waals surface area (Å²) in [7, 11) is 0. The van der Waals surface area contributed by atoms with E-state index in [-0.39, 0.29) is 17.7 Å². The Bertz CT molecular complexity index is 1020. The van der Waals surface area contributed by atoms with Crippen LogP contribution >= 0.6 is 0 Å². The maximum atomic E-state index is 12.7. The zero-order chi connectivity index (χ0) is 19.5. The predicted octanol–water partition coefficient (Wildman–Crippen LogP) is 2.93. The minimum atomic E-state index is -0.206. The van der Waals surface area contributed by atoms with Gasteiger partial charge in [-0.3, -0.25) is 9.78 Å². The van der Waals surface area contributed by atoms with Crippen LogP contribution in [0.5, 0.6) is 5.75 Å². The number of benzene rings is 2. The van der Waals surface area contributed by atoms with Gasteiger partial charge in [0.2, 0.25) is 0 Å². The fourth-order valence-corrected chi connectivity index (χ4v) is 3.33. The molecule has 1 aliphatic heterocycles. The molecule has 0 spiro atoms. The Morgan fingerprint density at radius 1 is 0.929 bits per heavy atom. The Balaban J connectivity index is 1.39. The van der Waals surface area contributed by atoms with Crippen LogP contribution in [0.4, 0.5) is 10.5 Å². The second kappa shape index (κ2) is 7.56. The summed E-state index contributed by atoms with van der Waals surface area (Å²) >= 11 is 0. The van der Waals surface area contributed by atoms with Gasteiger partial charge in [0.25, 0.3) is 5.91 Å². The number of rotatable bonds is 2. The summed E-state index contributed by atoms with van der Waals surface area (Å²) in [6, 6.07) is 15.6. The van der Waals surface area contributed by atoms with Crippen LogP contribution in [0.25, 0.3) is 10.9 Å². The summed E-state index contributed by atoms with van der Waals surface area (Å²) in [5, 5.41) is 13.4. The molecule has 1 aliphatic rings. The molecular formula is C21H20N4O3. The number of urea groups is 1. The molecule has 7 nitrogen and oxygen atoms in total. The lowest BCUT2D eigenvalue weighted by atomic mass is 10.1. The molecule has 4 rings (SSSR count). The van der Waals surface area contributed by atoms with E-state index in [1.54, 1.807) is 28.1 Å². The van der Waals surface area contributed by atoms with Gasteiger partial charge in [0, 0.05) is 43.3 Å². The third-order valence-electron chi connectivity index (χ3n) is 4.82. The van der Waals surface area contributed by atoms with Gasteiger partial charge in [-0.05, 0) is 30.3 Å². The first-order chi connectivity index (χ1) is 13.6. The normalized spacial score (nSPS) is 14.1. The summed E-state index contributed by atoms with van der Waals surface area (Å²) in [6.45, 7) is 1.76. The Hall–Kier alpha value is -3.61. The Kier molecular flexibility index (Phi) is 4.80. The SMILES string of the molecule is O=C(Nc1cccc2cccnc12)N1CCN(C(=O)c2cccc(O)c2)CC1. The number of aromatic hydroxyl groups is 1. The maximum Gasteiger partial charge on any atom is 0.322 e. The minimum absolute atomic E-state index is 0.0626. The highest BCUT2D eigenvalue weighted by Crippen LogP contribution is 2.21. The van der Waals surface area contributed by atoms with Gasteiger partial charge in [0.1, 0.15) is 5.75 Å². The van der Waals surface area contributed by atoms with E-state index in [9.17, 15) is 14.7 Å². The molecule has 0 atom stereocenters. The average molecular weight is 376 g/mol. The third-order valence-corrected chi connectivity index (χ3v) is 4.82. The molecule has 0 bridgehead atoms. The van der Waals surface area contributed by atoms with Crippen molar-refractivity contribution in [3.63, 3.8) is 0 Å². The number of para-hydroxylation sites is 1. The molecule has 0 saturated carbocycles. The lowest BCUT2D eigenvalue weighted by molar-refractivity contribution is 0.0671. The largest absolute Gasteiger partial charge is 0.508 e. The molecule has 1 fully saturated rings. The van der Waals surface area contributed by atoms with Crippen molar-refractivity contribution in [3.8, 4) is 5.75 Å². The van der Waals surface area contributed by atoms with Gasteiger partial charge in [0.05, 0.1) is 11.2 Å². The number of nitrogens with one attached hydrogen (secondary N) is 1. The number of piperazine rings is 1. The van der Waals surface area contributed by atoms with E-state index in [0.29, 0.717) is 37.4 Å². The molecule has 2 aromatic carbocycles. The van der Waals surface area contributed by atoms with Crippen molar-refractivity contribution in [1.29, 1.82) is 0 Å². The van der Waals surface area contributed by atoms with Crippen molar-refractivity contribution in [1.82, 2.24) is 14.8 Å². The van der Waals surface area contributed by atoms with Crippen LogP contribution in [0, 0.1) is 0 Å². The van der Waals surface area contributed by atoms with Gasteiger partial charge in [-0.15, -0.1) is 0 Å². The van der Waals surface area contributed by atoms with E-state index in [1.165, 1.54) is 12.1 Å². The van der Waals surface area contributed by atoms with Crippen LogP contribution in [-0.4, -0.2) is 58.0 Å². The summed E-state index contributed by atoms with van der Waals surface area (Å²) in [5.41, 5.74) is 1.86. The highest BCUT2D eigenvalue weighted by atomic mass is 16.3. The Morgan fingerprint density at radius 3 is 2.43 bits per heavy atom. The van der Waals surface area contributed by atoms with Crippen molar-refractivity contribution in [2.75, 3.05) is 31.5 Å². The molecule has 142 valence electrons. The quantitative estimate of drug-likeness (QED) is 0.720. The second-order valence-corrected chi connectivity index (χ2v) is 6.64. The molecule has 2 N–H and O–H groups in total. The average Bonchev–Trinajstić information content (AvgIpc) is 2.73. The molecular weight excluding hydrogens is 356 g/mol. The molecule has 1 aromatic heterocycles. The summed E-state index contributed by atoms with van der Waals surface area (Å²) in [5.74, 6) is -0.0817. The summed E-state index contributed by atoms with van der Waals surface area (Å²) in [6.07, 6.45) is 1.70. The summed E-state index contributed by atoms with van der Waals surface area (Å²) < 4.78 is 0. The number of anilines is 1. The molecule has 0 aliphatic carbocycles. The number of carbonyl (C=O) groups excluding carboxylic acids is 2. The van der Waals surface area contributed by atoms with Crippen LogP contribution in [0.3, 0.4) is 0 Å². The fourth-order valence-electron chi connectivity index (χ4n) is 3.33. The first kappa shape index (κ1) is 17.8. The molecule has 0 unspecified atom stereocenters. The number of hydrogen-bond acceptors (Lipinski definition) is 4. The van der Waals surface area contributed by atoms with Crippen LogP contribution in [-0.2, 0) is 0 Å². The van der Waals surface area contributed by atoms with Gasteiger partial charge < -0.3 is 20.2 Å². The first-order valence-corrected chi connectivity index (χ1v) is 9.10. The summed E-state index contributed by atoms with van der Waals surface area (Å²) in [4.78, 5) is 32.9. The molecule has 28 heavy (non-hydrogen) atoms. The second-order valence-electron chi connectivity index (χ2n) is 6.64. The van der Waals surface area contributed by atoms with E-state index in [1.807, 2.05) is 30.3 Å². The predicted molar refractivity (Wildman–Crippen MR) is 106 cm³/mol. The van der Waals surface area contributed by atoms with Gasteiger partial charge in [-0.25, -0.2) is 4.79 Å². The number of nitrogens with zero attached hydrogens (tertiary/aromatic N) is 3. The van der Waals surface area contributed by atoms with Crippen molar-refractivity contribution in [3.05, 3.63) is 66.4 Å². The van der Waals surface area contributed by atoms with Crippen LogP contribution in [0.1, 0.15) is 10.4 Å². The Morgan fingerprint density at radius 2 is 1.64 bits per heavy atom. The molecule has 3 aromatic rings. The molecule has 2 heterocycles. The van der Waals surface area contributed by atoms with E-state index in [4.69, 9.17) is 0 Å². The number of fused-ring (bicyclic) bond motifs is 1. The van der Waals surface area contributed by atoms with Crippen molar-refractivity contribution < 1.29 is 14.7 Å².